The average molecular weight is 328 g/mol. The Hall–Kier alpha value is -1.61. The molecule has 1 aromatic rings. The van der Waals surface area contributed by atoms with Gasteiger partial charge in [-0.1, -0.05) is 0 Å². The minimum Gasteiger partial charge on any atom is -0.375 e. The number of hydrogen-bond donors (Lipinski definition) is 1. The Balaban J connectivity index is 1.65. The second kappa shape index (κ2) is 5.24. The molecule has 2 aliphatic rings. The second-order valence-electron chi connectivity index (χ2n) is 6.16. The molecule has 1 unspecified atom stereocenters. The Morgan fingerprint density at radius 2 is 2.23 bits per heavy atom. The zero-order chi connectivity index (χ0) is 16.0. The Morgan fingerprint density at radius 1 is 1.50 bits per heavy atom. The third-order valence-corrected chi connectivity index (χ3v) is 6.04. The Bertz CT molecular complexity index is 678. The number of nitrogens with zero attached hydrogens (tertiary/aromatic N) is 3. The predicted octanol–water partition coefficient (Wildman–Crippen LogP) is 0.495. The van der Waals surface area contributed by atoms with Crippen molar-refractivity contribution in [1.82, 2.24) is 14.7 Å². The van der Waals surface area contributed by atoms with Gasteiger partial charge in [-0.15, -0.1) is 0 Å². The molecule has 3 heterocycles. The lowest BCUT2D eigenvalue weighted by molar-refractivity contribution is -0.0891. The van der Waals surface area contributed by atoms with Gasteiger partial charge in [0, 0.05) is 13.2 Å². The maximum absolute atomic E-state index is 12.2. The van der Waals surface area contributed by atoms with E-state index in [1.807, 2.05) is 6.92 Å². The van der Waals surface area contributed by atoms with Crippen LogP contribution >= 0.6 is 0 Å². The standard InChI is InChI=1S/C13H20N4O4S/c1-13(21-2)8-16(9-13)12(18)15-11-3-5-14-17(11)10-4-6-22(19,20)7-10/h3,5,10H,4,6-9H2,1-2H3,(H,15,18). The molecule has 122 valence electrons. The van der Waals surface area contributed by atoms with Crippen LogP contribution in [-0.4, -0.2) is 66.4 Å². The number of likely N-dealkylation sites (tertiary alicyclic amines) is 1. The number of urea groups is 1. The molecule has 3 rings (SSSR count). The fourth-order valence-corrected chi connectivity index (χ4v) is 4.59. The highest BCUT2D eigenvalue weighted by atomic mass is 32.2. The van der Waals surface area contributed by atoms with Crippen molar-refractivity contribution >= 4 is 21.7 Å². The van der Waals surface area contributed by atoms with Gasteiger partial charge in [0.25, 0.3) is 0 Å². The molecule has 1 atom stereocenters. The van der Waals surface area contributed by atoms with Crippen LogP contribution < -0.4 is 5.32 Å². The number of carbonyl (C=O) groups excluding carboxylic acids is 1. The van der Waals surface area contributed by atoms with Crippen molar-refractivity contribution in [2.45, 2.75) is 25.0 Å². The number of methoxy groups -OCH3 is 1. The molecule has 0 saturated carbocycles. The van der Waals surface area contributed by atoms with Gasteiger partial charge in [0.05, 0.1) is 36.8 Å². The first-order valence-corrected chi connectivity index (χ1v) is 8.99. The number of ether oxygens (including phenoxy) is 1. The van der Waals surface area contributed by atoms with E-state index in [2.05, 4.69) is 10.4 Å². The normalized spacial score (nSPS) is 25.7. The number of hydrogen-bond acceptors (Lipinski definition) is 5. The largest absolute Gasteiger partial charge is 0.375 e. The second-order valence-corrected chi connectivity index (χ2v) is 8.39. The number of sulfone groups is 1. The summed E-state index contributed by atoms with van der Waals surface area (Å²) in [6, 6.07) is 1.24. The topological polar surface area (TPSA) is 93.5 Å². The highest BCUT2D eigenvalue weighted by Gasteiger charge is 2.42. The number of aromatic nitrogens is 2. The van der Waals surface area contributed by atoms with Crippen molar-refractivity contribution in [1.29, 1.82) is 0 Å². The summed E-state index contributed by atoms with van der Waals surface area (Å²) in [7, 11) is -1.37. The van der Waals surface area contributed by atoms with Crippen molar-refractivity contribution < 1.29 is 17.9 Å². The molecule has 0 bridgehead atoms. The van der Waals surface area contributed by atoms with Crippen LogP contribution in [0.2, 0.25) is 0 Å². The zero-order valence-electron chi connectivity index (χ0n) is 12.7. The molecular formula is C13H20N4O4S. The molecule has 2 saturated heterocycles. The molecule has 2 fully saturated rings. The lowest BCUT2D eigenvalue weighted by Crippen LogP contribution is -2.63. The number of carbonyl (C=O) groups is 1. The molecule has 22 heavy (non-hydrogen) atoms. The van der Waals surface area contributed by atoms with E-state index in [1.54, 1.807) is 29.0 Å². The molecule has 0 spiro atoms. The van der Waals surface area contributed by atoms with Gasteiger partial charge in [-0.2, -0.15) is 5.10 Å². The van der Waals surface area contributed by atoms with E-state index in [1.165, 1.54) is 0 Å². The van der Waals surface area contributed by atoms with Crippen molar-refractivity contribution in [3.63, 3.8) is 0 Å². The summed E-state index contributed by atoms with van der Waals surface area (Å²) >= 11 is 0. The molecule has 0 radical (unpaired) electrons. The summed E-state index contributed by atoms with van der Waals surface area (Å²) < 4.78 is 30.1. The van der Waals surface area contributed by atoms with Gasteiger partial charge in [-0.05, 0) is 13.3 Å². The number of nitrogens with one attached hydrogen (secondary N) is 1. The van der Waals surface area contributed by atoms with Crippen molar-refractivity contribution in [3.8, 4) is 0 Å². The highest BCUT2D eigenvalue weighted by Crippen LogP contribution is 2.28. The first kappa shape index (κ1) is 15.3. The molecule has 8 nitrogen and oxygen atoms in total. The van der Waals surface area contributed by atoms with Gasteiger partial charge in [-0.25, -0.2) is 17.9 Å². The fourth-order valence-electron chi connectivity index (χ4n) is 2.90. The Morgan fingerprint density at radius 3 is 2.82 bits per heavy atom. The van der Waals surface area contributed by atoms with Gasteiger partial charge in [0.2, 0.25) is 0 Å². The van der Waals surface area contributed by atoms with E-state index < -0.39 is 9.84 Å². The summed E-state index contributed by atoms with van der Waals surface area (Å²) in [5.74, 6) is 0.768. The van der Waals surface area contributed by atoms with Crippen LogP contribution in [0.25, 0.3) is 0 Å². The number of anilines is 1. The van der Waals surface area contributed by atoms with Crippen molar-refractivity contribution in [3.05, 3.63) is 12.3 Å². The van der Waals surface area contributed by atoms with E-state index >= 15 is 0 Å². The van der Waals surface area contributed by atoms with Crippen LogP contribution in [0, 0.1) is 0 Å². The van der Waals surface area contributed by atoms with Crippen LogP contribution in [0.1, 0.15) is 19.4 Å². The minimum atomic E-state index is -3.00. The lowest BCUT2D eigenvalue weighted by atomic mass is 9.97. The molecular weight excluding hydrogens is 308 g/mol. The summed E-state index contributed by atoms with van der Waals surface area (Å²) in [5.41, 5.74) is -0.281. The van der Waals surface area contributed by atoms with Gasteiger partial charge >= 0.3 is 6.03 Å². The SMILES string of the molecule is COC1(C)CN(C(=O)Nc2ccnn2C2CCS(=O)(=O)C2)C1. The number of rotatable bonds is 3. The minimum absolute atomic E-state index is 0.0724. The third-order valence-electron chi connectivity index (χ3n) is 4.29. The first-order chi connectivity index (χ1) is 10.3. The summed E-state index contributed by atoms with van der Waals surface area (Å²) in [6.07, 6.45) is 2.09. The molecule has 2 aliphatic heterocycles. The highest BCUT2D eigenvalue weighted by molar-refractivity contribution is 7.91. The van der Waals surface area contributed by atoms with Crippen LogP contribution in [0.15, 0.2) is 12.3 Å². The van der Waals surface area contributed by atoms with Crippen molar-refractivity contribution in [2.75, 3.05) is 37.0 Å². The monoisotopic (exact) mass is 328 g/mol. The summed E-state index contributed by atoms with van der Waals surface area (Å²) in [5, 5.41) is 6.95. The van der Waals surface area contributed by atoms with Crippen LogP contribution in [0.5, 0.6) is 0 Å². The number of amides is 2. The summed E-state index contributed by atoms with van der Waals surface area (Å²) in [4.78, 5) is 13.8. The van der Waals surface area contributed by atoms with E-state index in [-0.39, 0.29) is 29.2 Å². The van der Waals surface area contributed by atoms with Crippen LogP contribution in [0.4, 0.5) is 10.6 Å². The first-order valence-electron chi connectivity index (χ1n) is 7.17. The van der Waals surface area contributed by atoms with Gasteiger partial charge < -0.3 is 9.64 Å². The molecule has 0 aromatic carbocycles. The van der Waals surface area contributed by atoms with Gasteiger partial charge in [0.15, 0.2) is 9.84 Å². The fraction of sp³-hybridized carbons (Fsp3) is 0.692. The Kier molecular flexibility index (Phi) is 3.64. The van der Waals surface area contributed by atoms with Crippen molar-refractivity contribution in [2.24, 2.45) is 0 Å². The summed E-state index contributed by atoms with van der Waals surface area (Å²) in [6.45, 7) is 3.01. The van der Waals surface area contributed by atoms with E-state index in [0.717, 1.165) is 0 Å². The maximum atomic E-state index is 12.2. The molecule has 9 heteroatoms. The average Bonchev–Trinajstić information content (AvgIpc) is 3.01. The van der Waals surface area contributed by atoms with E-state index in [0.29, 0.717) is 25.3 Å². The molecule has 0 aliphatic carbocycles. The van der Waals surface area contributed by atoms with Gasteiger partial charge in [-0.3, -0.25) is 5.32 Å². The van der Waals surface area contributed by atoms with E-state index in [4.69, 9.17) is 4.74 Å². The third kappa shape index (κ3) is 2.82. The molecule has 1 aromatic heterocycles. The molecule has 1 N–H and O–H groups in total. The Labute approximate surface area is 129 Å². The van der Waals surface area contributed by atoms with Crippen LogP contribution in [0.3, 0.4) is 0 Å². The quantitative estimate of drug-likeness (QED) is 0.872. The maximum Gasteiger partial charge on any atom is 0.323 e. The predicted molar refractivity (Wildman–Crippen MR) is 80.5 cm³/mol. The zero-order valence-corrected chi connectivity index (χ0v) is 13.5. The van der Waals surface area contributed by atoms with Crippen LogP contribution in [-0.2, 0) is 14.6 Å². The van der Waals surface area contributed by atoms with Gasteiger partial charge in [0.1, 0.15) is 11.4 Å². The molecule has 2 amide bonds. The lowest BCUT2D eigenvalue weighted by Gasteiger charge is -2.46. The smallest absolute Gasteiger partial charge is 0.323 e. The van der Waals surface area contributed by atoms with E-state index in [9.17, 15) is 13.2 Å².